The number of benzene rings is 1. The van der Waals surface area contributed by atoms with Gasteiger partial charge in [0.15, 0.2) is 0 Å². The quantitative estimate of drug-likeness (QED) is 0.777. The van der Waals surface area contributed by atoms with Gasteiger partial charge in [0.2, 0.25) is 0 Å². The van der Waals surface area contributed by atoms with Crippen molar-refractivity contribution >= 4 is 17.6 Å². The number of carbonyl (C=O) groups is 2. The Balaban J connectivity index is 2.82. The minimum atomic E-state index is -0.911. The first-order valence-electron chi connectivity index (χ1n) is 5.80. The van der Waals surface area contributed by atoms with Crippen molar-refractivity contribution < 1.29 is 14.7 Å². The Morgan fingerprint density at radius 1 is 1.28 bits per heavy atom. The van der Waals surface area contributed by atoms with Crippen LogP contribution in [0.15, 0.2) is 24.3 Å². The lowest BCUT2D eigenvalue weighted by Crippen LogP contribution is -2.38. The van der Waals surface area contributed by atoms with E-state index in [2.05, 4.69) is 0 Å². The van der Waals surface area contributed by atoms with Gasteiger partial charge in [0, 0.05) is 23.8 Å². The molecule has 18 heavy (non-hydrogen) atoms. The highest BCUT2D eigenvalue weighted by Crippen LogP contribution is 2.11. The predicted molar refractivity (Wildman–Crippen MR) is 69.3 cm³/mol. The first kappa shape index (κ1) is 14.0. The molecule has 0 heterocycles. The van der Waals surface area contributed by atoms with Crippen LogP contribution < -0.4 is 5.73 Å². The molecule has 0 saturated carbocycles. The standard InChI is InChI=1S/C13H18N2O3/c1-9(2)15(8-7-12(16)17)13(18)10-3-5-11(14)6-4-10/h3-6,9H,7-8,14H2,1-2H3,(H,16,17). The molecule has 0 atom stereocenters. The summed E-state index contributed by atoms with van der Waals surface area (Å²) in [5.41, 5.74) is 6.67. The highest BCUT2D eigenvalue weighted by atomic mass is 16.4. The predicted octanol–water partition coefficient (Wildman–Crippen LogP) is 1.59. The van der Waals surface area contributed by atoms with Crippen LogP contribution >= 0.6 is 0 Å². The van der Waals surface area contributed by atoms with Crippen molar-refractivity contribution in [1.29, 1.82) is 0 Å². The Hall–Kier alpha value is -2.04. The molecule has 0 aliphatic carbocycles. The zero-order valence-corrected chi connectivity index (χ0v) is 10.6. The average molecular weight is 250 g/mol. The van der Waals surface area contributed by atoms with E-state index in [1.54, 1.807) is 29.2 Å². The lowest BCUT2D eigenvalue weighted by Gasteiger charge is -2.26. The van der Waals surface area contributed by atoms with Crippen LogP contribution in [0.4, 0.5) is 5.69 Å². The molecule has 3 N–H and O–H groups in total. The number of carboxylic acid groups (broad SMARTS) is 1. The van der Waals surface area contributed by atoms with Crippen LogP contribution in [0.2, 0.25) is 0 Å². The van der Waals surface area contributed by atoms with Gasteiger partial charge in [-0.15, -0.1) is 0 Å². The van der Waals surface area contributed by atoms with Crippen LogP contribution in [0.25, 0.3) is 0 Å². The molecule has 1 rings (SSSR count). The molecule has 0 aromatic heterocycles. The second-order valence-corrected chi connectivity index (χ2v) is 4.36. The Morgan fingerprint density at radius 2 is 1.83 bits per heavy atom. The van der Waals surface area contributed by atoms with Crippen molar-refractivity contribution in [3.8, 4) is 0 Å². The smallest absolute Gasteiger partial charge is 0.305 e. The van der Waals surface area contributed by atoms with Gasteiger partial charge in [0.25, 0.3) is 5.91 Å². The van der Waals surface area contributed by atoms with Gasteiger partial charge in [-0.3, -0.25) is 9.59 Å². The van der Waals surface area contributed by atoms with Gasteiger partial charge in [0.1, 0.15) is 0 Å². The first-order chi connectivity index (χ1) is 8.41. The third kappa shape index (κ3) is 3.76. The van der Waals surface area contributed by atoms with Crippen LogP contribution in [-0.4, -0.2) is 34.5 Å². The van der Waals surface area contributed by atoms with Gasteiger partial charge in [-0.05, 0) is 38.1 Å². The summed E-state index contributed by atoms with van der Waals surface area (Å²) in [5, 5.41) is 8.68. The summed E-state index contributed by atoms with van der Waals surface area (Å²) in [6, 6.07) is 6.56. The zero-order valence-electron chi connectivity index (χ0n) is 10.6. The van der Waals surface area contributed by atoms with Crippen molar-refractivity contribution in [1.82, 2.24) is 4.90 Å². The monoisotopic (exact) mass is 250 g/mol. The van der Waals surface area contributed by atoms with Gasteiger partial charge in [0.05, 0.1) is 6.42 Å². The topological polar surface area (TPSA) is 83.6 Å². The molecule has 0 aliphatic heterocycles. The molecular weight excluding hydrogens is 232 g/mol. The van der Waals surface area contributed by atoms with E-state index in [-0.39, 0.29) is 24.9 Å². The van der Waals surface area contributed by atoms with E-state index in [1.165, 1.54) is 0 Å². The number of hydrogen-bond acceptors (Lipinski definition) is 3. The molecule has 1 aromatic rings. The second kappa shape index (κ2) is 6.05. The Labute approximate surface area is 106 Å². The number of aliphatic carboxylic acids is 1. The number of hydrogen-bond donors (Lipinski definition) is 2. The number of carboxylic acids is 1. The van der Waals surface area contributed by atoms with E-state index in [4.69, 9.17) is 10.8 Å². The van der Waals surface area contributed by atoms with Crippen molar-refractivity contribution in [2.24, 2.45) is 0 Å². The Morgan fingerprint density at radius 3 is 2.28 bits per heavy atom. The molecule has 0 saturated heterocycles. The van der Waals surface area contributed by atoms with Crippen LogP contribution in [0, 0.1) is 0 Å². The zero-order chi connectivity index (χ0) is 13.7. The molecule has 5 heteroatoms. The highest BCUT2D eigenvalue weighted by Gasteiger charge is 2.19. The van der Waals surface area contributed by atoms with Crippen LogP contribution in [0.1, 0.15) is 30.6 Å². The molecule has 0 radical (unpaired) electrons. The third-order valence-corrected chi connectivity index (χ3v) is 2.61. The molecule has 0 bridgehead atoms. The van der Waals surface area contributed by atoms with Gasteiger partial charge in [-0.1, -0.05) is 0 Å². The van der Waals surface area contributed by atoms with E-state index >= 15 is 0 Å². The number of amides is 1. The summed E-state index contributed by atoms with van der Waals surface area (Å²) in [6.07, 6.45) is -0.0567. The number of nitrogens with zero attached hydrogens (tertiary/aromatic N) is 1. The number of carbonyl (C=O) groups excluding carboxylic acids is 1. The summed E-state index contributed by atoms with van der Waals surface area (Å²) in [7, 11) is 0. The van der Waals surface area contributed by atoms with Gasteiger partial charge in [-0.2, -0.15) is 0 Å². The molecule has 0 fully saturated rings. The molecule has 1 amide bonds. The number of rotatable bonds is 5. The fraction of sp³-hybridized carbons (Fsp3) is 0.385. The van der Waals surface area contributed by atoms with Crippen molar-refractivity contribution in [3.05, 3.63) is 29.8 Å². The van der Waals surface area contributed by atoms with E-state index in [0.29, 0.717) is 11.3 Å². The number of nitrogens with two attached hydrogens (primary N) is 1. The maximum atomic E-state index is 12.2. The summed E-state index contributed by atoms with van der Waals surface area (Å²) in [6.45, 7) is 3.92. The molecule has 0 unspecified atom stereocenters. The molecule has 0 aliphatic rings. The summed E-state index contributed by atoms with van der Waals surface area (Å²) >= 11 is 0. The SMILES string of the molecule is CC(C)N(CCC(=O)O)C(=O)c1ccc(N)cc1. The first-order valence-corrected chi connectivity index (χ1v) is 5.80. The Kier molecular flexibility index (Phi) is 4.71. The molecule has 5 nitrogen and oxygen atoms in total. The minimum Gasteiger partial charge on any atom is -0.481 e. The third-order valence-electron chi connectivity index (χ3n) is 2.61. The van der Waals surface area contributed by atoms with Gasteiger partial charge >= 0.3 is 5.97 Å². The van der Waals surface area contributed by atoms with Gasteiger partial charge in [-0.25, -0.2) is 0 Å². The van der Waals surface area contributed by atoms with Gasteiger partial charge < -0.3 is 15.7 Å². The molecule has 98 valence electrons. The Bertz CT molecular complexity index is 426. The summed E-state index contributed by atoms with van der Waals surface area (Å²) < 4.78 is 0. The molecular formula is C13H18N2O3. The van der Waals surface area contributed by atoms with Crippen molar-refractivity contribution in [2.75, 3.05) is 12.3 Å². The minimum absolute atomic E-state index is 0.0468. The number of anilines is 1. The largest absolute Gasteiger partial charge is 0.481 e. The van der Waals surface area contributed by atoms with E-state index < -0.39 is 5.97 Å². The highest BCUT2D eigenvalue weighted by molar-refractivity contribution is 5.94. The van der Waals surface area contributed by atoms with E-state index in [1.807, 2.05) is 13.8 Å². The van der Waals surface area contributed by atoms with Crippen LogP contribution in [0.3, 0.4) is 0 Å². The van der Waals surface area contributed by atoms with E-state index in [9.17, 15) is 9.59 Å². The number of nitrogen functional groups attached to an aromatic ring is 1. The molecule has 0 spiro atoms. The van der Waals surface area contributed by atoms with Crippen molar-refractivity contribution in [3.63, 3.8) is 0 Å². The summed E-state index contributed by atoms with van der Waals surface area (Å²) in [5.74, 6) is -1.09. The molecule has 1 aromatic carbocycles. The maximum Gasteiger partial charge on any atom is 0.305 e. The average Bonchev–Trinajstić information content (AvgIpc) is 2.29. The maximum absolute atomic E-state index is 12.2. The van der Waals surface area contributed by atoms with Crippen LogP contribution in [0.5, 0.6) is 0 Å². The van der Waals surface area contributed by atoms with E-state index in [0.717, 1.165) is 0 Å². The van der Waals surface area contributed by atoms with Crippen LogP contribution in [-0.2, 0) is 4.79 Å². The second-order valence-electron chi connectivity index (χ2n) is 4.36. The normalized spacial score (nSPS) is 10.4. The fourth-order valence-corrected chi connectivity index (χ4v) is 1.60. The van der Waals surface area contributed by atoms with Crippen molar-refractivity contribution in [2.45, 2.75) is 26.3 Å². The lowest BCUT2D eigenvalue weighted by atomic mass is 10.1. The fourth-order valence-electron chi connectivity index (χ4n) is 1.60. The lowest BCUT2D eigenvalue weighted by molar-refractivity contribution is -0.137. The summed E-state index contributed by atoms with van der Waals surface area (Å²) in [4.78, 5) is 24.3.